The summed E-state index contributed by atoms with van der Waals surface area (Å²) in [4.78, 5) is 13.3. The fourth-order valence-corrected chi connectivity index (χ4v) is 4.09. The van der Waals surface area contributed by atoms with Gasteiger partial charge in [0, 0.05) is 10.4 Å². The summed E-state index contributed by atoms with van der Waals surface area (Å²) in [5, 5.41) is 4.46. The van der Waals surface area contributed by atoms with Crippen molar-refractivity contribution in [3.63, 3.8) is 0 Å². The summed E-state index contributed by atoms with van der Waals surface area (Å²) in [5.41, 5.74) is 3.20. The molecule has 0 radical (unpaired) electrons. The zero-order chi connectivity index (χ0) is 16.4. The van der Waals surface area contributed by atoms with Crippen LogP contribution in [-0.2, 0) is 11.3 Å². The number of hydrogen-bond acceptors (Lipinski definition) is 4. The van der Waals surface area contributed by atoms with Gasteiger partial charge in [0.25, 0.3) is 0 Å². The second-order valence-electron chi connectivity index (χ2n) is 5.11. The summed E-state index contributed by atoms with van der Waals surface area (Å²) < 4.78 is 7.60. The predicted molar refractivity (Wildman–Crippen MR) is 94.9 cm³/mol. The molecule has 0 amide bonds. The van der Waals surface area contributed by atoms with Crippen LogP contribution in [0.1, 0.15) is 20.8 Å². The molecule has 1 aromatic carbocycles. The molecule has 0 bridgehead atoms. The van der Waals surface area contributed by atoms with Crippen LogP contribution >= 0.6 is 27.3 Å². The maximum absolute atomic E-state index is 11.7. The van der Waals surface area contributed by atoms with E-state index in [9.17, 15) is 4.79 Å². The SMILES string of the molecule is COC(=O)c1cc(C)c(-c2cnn(Cc3ccccc3)c2Br)s1. The fraction of sp³-hybridized carbons (Fsp3) is 0.176. The summed E-state index contributed by atoms with van der Waals surface area (Å²) >= 11 is 5.06. The Morgan fingerprint density at radius 3 is 2.78 bits per heavy atom. The highest BCUT2D eigenvalue weighted by Gasteiger charge is 2.18. The molecule has 0 fully saturated rings. The highest BCUT2D eigenvalue weighted by atomic mass is 79.9. The second-order valence-corrected chi connectivity index (χ2v) is 6.91. The number of benzene rings is 1. The molecule has 0 unspecified atom stereocenters. The molecular formula is C17H15BrN2O2S. The van der Waals surface area contributed by atoms with Crippen LogP contribution in [0.3, 0.4) is 0 Å². The standard InChI is InChI=1S/C17H15BrN2O2S/c1-11-8-14(17(21)22-2)23-15(11)13-9-19-20(16(13)18)10-12-6-4-3-5-7-12/h3-9H,10H2,1-2H3. The minimum Gasteiger partial charge on any atom is -0.465 e. The van der Waals surface area contributed by atoms with Crippen molar-refractivity contribution in [1.82, 2.24) is 9.78 Å². The minimum absolute atomic E-state index is 0.308. The summed E-state index contributed by atoms with van der Waals surface area (Å²) in [6.45, 7) is 2.68. The predicted octanol–water partition coefficient (Wildman–Crippen LogP) is 4.52. The minimum atomic E-state index is -0.308. The molecule has 0 N–H and O–H groups in total. The van der Waals surface area contributed by atoms with E-state index in [0.717, 1.165) is 20.6 Å². The molecule has 0 spiro atoms. The molecule has 0 saturated carbocycles. The van der Waals surface area contributed by atoms with Crippen LogP contribution < -0.4 is 0 Å². The number of thiophene rings is 1. The van der Waals surface area contributed by atoms with Gasteiger partial charge in [-0.2, -0.15) is 5.10 Å². The van der Waals surface area contributed by atoms with E-state index in [0.29, 0.717) is 11.4 Å². The third-order valence-electron chi connectivity index (χ3n) is 3.50. The topological polar surface area (TPSA) is 44.1 Å². The summed E-state index contributed by atoms with van der Waals surface area (Å²) in [6, 6.07) is 12.0. The largest absolute Gasteiger partial charge is 0.465 e. The molecule has 0 aliphatic heterocycles. The van der Waals surface area contributed by atoms with Crippen molar-refractivity contribution in [2.24, 2.45) is 0 Å². The molecule has 3 rings (SSSR count). The molecule has 0 saturated heterocycles. The van der Waals surface area contributed by atoms with Crippen LogP contribution in [0.5, 0.6) is 0 Å². The van der Waals surface area contributed by atoms with Gasteiger partial charge in [0.1, 0.15) is 9.48 Å². The van der Waals surface area contributed by atoms with E-state index in [4.69, 9.17) is 4.74 Å². The maximum Gasteiger partial charge on any atom is 0.348 e. The first-order valence-electron chi connectivity index (χ1n) is 7.04. The van der Waals surface area contributed by atoms with Gasteiger partial charge in [0.15, 0.2) is 0 Å². The highest BCUT2D eigenvalue weighted by Crippen LogP contribution is 2.37. The number of esters is 1. The fourth-order valence-electron chi connectivity index (χ4n) is 2.34. The van der Waals surface area contributed by atoms with E-state index in [1.165, 1.54) is 24.0 Å². The molecule has 0 atom stereocenters. The van der Waals surface area contributed by atoms with Crippen molar-refractivity contribution in [2.75, 3.05) is 7.11 Å². The van der Waals surface area contributed by atoms with Gasteiger partial charge in [-0.15, -0.1) is 11.3 Å². The van der Waals surface area contributed by atoms with Crippen LogP contribution in [0.2, 0.25) is 0 Å². The van der Waals surface area contributed by atoms with E-state index < -0.39 is 0 Å². The van der Waals surface area contributed by atoms with Crippen LogP contribution in [0.15, 0.2) is 47.2 Å². The molecule has 4 nitrogen and oxygen atoms in total. The number of carbonyl (C=O) groups excluding carboxylic acids is 1. The smallest absolute Gasteiger partial charge is 0.348 e. The van der Waals surface area contributed by atoms with Crippen LogP contribution in [0.4, 0.5) is 0 Å². The number of hydrogen-bond donors (Lipinski definition) is 0. The maximum atomic E-state index is 11.7. The van der Waals surface area contributed by atoms with Gasteiger partial charge in [0.2, 0.25) is 0 Å². The second kappa shape index (κ2) is 6.68. The Morgan fingerprint density at radius 2 is 2.09 bits per heavy atom. The molecule has 0 aliphatic rings. The Labute approximate surface area is 146 Å². The summed E-state index contributed by atoms with van der Waals surface area (Å²) in [6.07, 6.45) is 1.83. The van der Waals surface area contributed by atoms with E-state index in [-0.39, 0.29) is 5.97 Å². The first-order valence-corrected chi connectivity index (χ1v) is 8.65. The molecule has 2 heterocycles. The molecular weight excluding hydrogens is 376 g/mol. The number of aromatic nitrogens is 2. The molecule has 6 heteroatoms. The number of ether oxygens (including phenoxy) is 1. The molecule has 23 heavy (non-hydrogen) atoms. The average Bonchev–Trinajstić information content (AvgIpc) is 3.11. The highest BCUT2D eigenvalue weighted by molar-refractivity contribution is 9.10. The summed E-state index contributed by atoms with van der Waals surface area (Å²) in [7, 11) is 1.39. The zero-order valence-corrected chi connectivity index (χ0v) is 15.1. The lowest BCUT2D eigenvalue weighted by Crippen LogP contribution is -2.01. The first-order chi connectivity index (χ1) is 11.1. The Bertz CT molecular complexity index is 840. The quantitative estimate of drug-likeness (QED) is 0.615. The molecule has 118 valence electrons. The van der Waals surface area contributed by atoms with Crippen LogP contribution in [0.25, 0.3) is 10.4 Å². The number of aryl methyl sites for hydroxylation is 1. The van der Waals surface area contributed by atoms with Gasteiger partial charge < -0.3 is 4.74 Å². The number of rotatable bonds is 4. The zero-order valence-electron chi connectivity index (χ0n) is 12.7. The average molecular weight is 391 g/mol. The Kier molecular flexibility index (Phi) is 4.63. The lowest BCUT2D eigenvalue weighted by molar-refractivity contribution is 0.0606. The number of nitrogens with zero attached hydrogens (tertiary/aromatic N) is 2. The van der Waals surface area contributed by atoms with E-state index in [2.05, 4.69) is 33.2 Å². The molecule has 3 aromatic rings. The Morgan fingerprint density at radius 1 is 1.35 bits per heavy atom. The number of carbonyl (C=O) groups is 1. The van der Waals surface area contributed by atoms with Crippen molar-refractivity contribution in [3.8, 4) is 10.4 Å². The van der Waals surface area contributed by atoms with E-state index in [1.54, 1.807) is 0 Å². The van der Waals surface area contributed by atoms with Crippen molar-refractivity contribution < 1.29 is 9.53 Å². The van der Waals surface area contributed by atoms with Gasteiger partial charge in [-0.3, -0.25) is 4.68 Å². The normalized spacial score (nSPS) is 10.7. The van der Waals surface area contributed by atoms with Gasteiger partial charge >= 0.3 is 5.97 Å². The lowest BCUT2D eigenvalue weighted by Gasteiger charge is -2.04. The van der Waals surface area contributed by atoms with Gasteiger partial charge in [0.05, 0.1) is 19.9 Å². The monoisotopic (exact) mass is 390 g/mol. The van der Waals surface area contributed by atoms with Crippen LogP contribution in [-0.4, -0.2) is 22.9 Å². The van der Waals surface area contributed by atoms with Crippen molar-refractivity contribution in [3.05, 3.63) is 63.2 Å². The third-order valence-corrected chi connectivity index (χ3v) is 5.59. The first kappa shape index (κ1) is 16.0. The summed E-state index contributed by atoms with van der Waals surface area (Å²) in [5.74, 6) is -0.308. The van der Waals surface area contributed by atoms with Gasteiger partial charge in [-0.1, -0.05) is 30.3 Å². The van der Waals surface area contributed by atoms with Gasteiger partial charge in [-0.05, 0) is 40.0 Å². The lowest BCUT2D eigenvalue weighted by atomic mass is 10.2. The van der Waals surface area contributed by atoms with E-state index >= 15 is 0 Å². The molecule has 0 aliphatic carbocycles. The Balaban J connectivity index is 1.93. The third kappa shape index (κ3) is 3.23. The number of methoxy groups -OCH3 is 1. The van der Waals surface area contributed by atoms with Crippen molar-refractivity contribution in [2.45, 2.75) is 13.5 Å². The van der Waals surface area contributed by atoms with Crippen molar-refractivity contribution in [1.29, 1.82) is 0 Å². The molecule has 2 aromatic heterocycles. The van der Waals surface area contributed by atoms with E-state index in [1.807, 2.05) is 42.1 Å². The number of halogens is 1. The van der Waals surface area contributed by atoms with Crippen LogP contribution in [0, 0.1) is 6.92 Å². The van der Waals surface area contributed by atoms with Gasteiger partial charge in [-0.25, -0.2) is 4.79 Å². The van der Waals surface area contributed by atoms with Crippen molar-refractivity contribution >= 4 is 33.2 Å². The Hall–Kier alpha value is -1.92.